The molecule has 0 amide bonds. The summed E-state index contributed by atoms with van der Waals surface area (Å²) in [6.45, 7) is 0. The van der Waals surface area contributed by atoms with Crippen molar-refractivity contribution in [2.24, 2.45) is 0 Å². The molecule has 9 heteroatoms. The van der Waals surface area contributed by atoms with E-state index >= 15 is 0 Å². The van der Waals surface area contributed by atoms with Crippen LogP contribution >= 0.6 is 0 Å². The van der Waals surface area contributed by atoms with E-state index in [0.717, 1.165) is 11.1 Å². The van der Waals surface area contributed by atoms with Crippen molar-refractivity contribution in [3.8, 4) is 11.5 Å². The van der Waals surface area contributed by atoms with Gasteiger partial charge in [-0.05, 0) is 36.1 Å². The first-order valence-corrected chi connectivity index (χ1v) is 7.20. The second-order valence-corrected chi connectivity index (χ2v) is 5.50. The predicted octanol–water partition coefficient (Wildman–Crippen LogP) is 1.68. The van der Waals surface area contributed by atoms with Crippen molar-refractivity contribution in [3.05, 3.63) is 57.8 Å². The van der Waals surface area contributed by atoms with Crippen LogP contribution in [0.25, 0.3) is 11.5 Å². The predicted molar refractivity (Wildman–Crippen MR) is 79.3 cm³/mol. The van der Waals surface area contributed by atoms with Gasteiger partial charge in [-0.3, -0.25) is 0 Å². The van der Waals surface area contributed by atoms with Crippen molar-refractivity contribution in [1.29, 1.82) is 0 Å². The van der Waals surface area contributed by atoms with Crippen LogP contribution in [-0.2, 0) is 12.8 Å². The van der Waals surface area contributed by atoms with Crippen molar-refractivity contribution >= 4 is 5.95 Å². The summed E-state index contributed by atoms with van der Waals surface area (Å²) in [5.41, 5.74) is 2.01. The maximum absolute atomic E-state index is 13.3. The molecule has 1 aliphatic carbocycles. The Hall–Kier alpha value is -3.10. The fourth-order valence-electron chi connectivity index (χ4n) is 2.76. The molecule has 0 aliphatic heterocycles. The third-order valence-corrected chi connectivity index (χ3v) is 3.85. The van der Waals surface area contributed by atoms with Crippen LogP contribution in [0.4, 0.5) is 14.7 Å². The molecule has 2 heterocycles. The summed E-state index contributed by atoms with van der Waals surface area (Å²) in [5, 5.41) is 8.96. The Bertz CT molecular complexity index is 920. The lowest BCUT2D eigenvalue weighted by molar-refractivity contribution is 0.507. The Labute approximate surface area is 133 Å². The molecule has 0 spiro atoms. The number of fused-ring (bicyclic) bond motifs is 1. The number of anilines is 1. The number of nitrogens with zero attached hydrogens (tertiary/aromatic N) is 3. The highest BCUT2D eigenvalue weighted by molar-refractivity contribution is 5.50. The molecule has 4 rings (SSSR count). The standard InChI is InChI=1S/C15H11F2N5O2/c16-11-3-7-1-10(2-8(7)4-12(11)17)20-14-18-5-9(6-19-14)13-21-22-15(23)24-13/h3-6,10H,1-2H2,(H,22,23)(H,18,19,20). The van der Waals surface area contributed by atoms with Crippen molar-refractivity contribution in [3.63, 3.8) is 0 Å². The summed E-state index contributed by atoms with van der Waals surface area (Å²) in [5.74, 6) is -1.86. The molecule has 1 aromatic carbocycles. The number of halogens is 2. The number of hydrogen-bond donors (Lipinski definition) is 2. The molecule has 0 bridgehead atoms. The van der Waals surface area contributed by atoms with Crippen molar-refractivity contribution in [2.45, 2.75) is 18.9 Å². The SMILES string of the molecule is O=c1[nH]nc(-c2cnc(NC3Cc4cc(F)c(F)cc4C3)nc2)o1. The smallest absolute Gasteiger partial charge is 0.388 e. The normalized spacial score (nSPS) is 13.9. The molecule has 2 N–H and O–H groups in total. The van der Waals surface area contributed by atoms with E-state index in [-0.39, 0.29) is 11.9 Å². The minimum atomic E-state index is -0.838. The van der Waals surface area contributed by atoms with Gasteiger partial charge in [0.25, 0.3) is 5.89 Å². The number of aromatic nitrogens is 4. The van der Waals surface area contributed by atoms with Crippen molar-refractivity contribution in [2.75, 3.05) is 5.32 Å². The van der Waals surface area contributed by atoms with E-state index in [1.807, 2.05) is 0 Å². The average molecular weight is 331 g/mol. The molecule has 24 heavy (non-hydrogen) atoms. The molecule has 0 saturated heterocycles. The van der Waals surface area contributed by atoms with Gasteiger partial charge in [-0.2, -0.15) is 0 Å². The van der Waals surface area contributed by atoms with E-state index in [4.69, 9.17) is 4.42 Å². The molecule has 0 radical (unpaired) electrons. The van der Waals surface area contributed by atoms with Crippen LogP contribution in [0.3, 0.4) is 0 Å². The second kappa shape index (κ2) is 5.52. The van der Waals surface area contributed by atoms with Gasteiger partial charge in [0, 0.05) is 18.4 Å². The highest BCUT2D eigenvalue weighted by Crippen LogP contribution is 2.26. The quantitative estimate of drug-likeness (QED) is 0.758. The van der Waals surface area contributed by atoms with Crippen molar-refractivity contribution in [1.82, 2.24) is 20.2 Å². The summed E-state index contributed by atoms with van der Waals surface area (Å²) in [4.78, 5) is 19.2. The van der Waals surface area contributed by atoms with E-state index < -0.39 is 17.4 Å². The zero-order chi connectivity index (χ0) is 16.7. The van der Waals surface area contributed by atoms with E-state index in [0.29, 0.717) is 24.4 Å². The van der Waals surface area contributed by atoms with E-state index in [1.165, 1.54) is 24.5 Å². The Balaban J connectivity index is 1.48. The topological polar surface area (TPSA) is 96.7 Å². The first-order chi connectivity index (χ1) is 11.6. The van der Waals surface area contributed by atoms with Crippen LogP contribution in [0.2, 0.25) is 0 Å². The molecule has 0 saturated carbocycles. The van der Waals surface area contributed by atoms with Crippen LogP contribution in [0.5, 0.6) is 0 Å². The summed E-state index contributed by atoms with van der Waals surface area (Å²) in [7, 11) is 0. The Morgan fingerprint density at radius 3 is 2.29 bits per heavy atom. The minimum absolute atomic E-state index is 0.0460. The maximum Gasteiger partial charge on any atom is 0.434 e. The molecule has 122 valence electrons. The summed E-state index contributed by atoms with van der Waals surface area (Å²) in [6.07, 6.45) is 4.06. The lowest BCUT2D eigenvalue weighted by Crippen LogP contribution is -2.20. The first kappa shape index (κ1) is 14.5. The fraction of sp³-hybridized carbons (Fsp3) is 0.200. The van der Waals surface area contributed by atoms with Gasteiger partial charge < -0.3 is 9.73 Å². The van der Waals surface area contributed by atoms with Gasteiger partial charge >= 0.3 is 5.76 Å². The minimum Gasteiger partial charge on any atom is -0.388 e. The number of aromatic amines is 1. The first-order valence-electron chi connectivity index (χ1n) is 7.20. The van der Waals surface area contributed by atoms with Crippen LogP contribution in [0, 0.1) is 11.6 Å². The lowest BCUT2D eigenvalue weighted by atomic mass is 10.1. The molecular weight excluding hydrogens is 320 g/mol. The van der Waals surface area contributed by atoms with Gasteiger partial charge in [-0.25, -0.2) is 28.6 Å². The second-order valence-electron chi connectivity index (χ2n) is 5.50. The zero-order valence-electron chi connectivity index (χ0n) is 12.2. The van der Waals surface area contributed by atoms with Crippen LogP contribution in [-0.4, -0.2) is 26.2 Å². The van der Waals surface area contributed by atoms with Gasteiger partial charge in [0.15, 0.2) is 11.6 Å². The third kappa shape index (κ3) is 2.64. The third-order valence-electron chi connectivity index (χ3n) is 3.85. The number of H-pyrrole nitrogens is 1. The van der Waals surface area contributed by atoms with Gasteiger partial charge in [0.05, 0.1) is 5.56 Å². The molecule has 3 aromatic rings. The zero-order valence-corrected chi connectivity index (χ0v) is 12.2. The Morgan fingerprint density at radius 1 is 1.12 bits per heavy atom. The number of hydrogen-bond acceptors (Lipinski definition) is 6. The van der Waals surface area contributed by atoms with Crippen LogP contribution < -0.4 is 11.1 Å². The monoisotopic (exact) mass is 331 g/mol. The summed E-state index contributed by atoms with van der Waals surface area (Å²) < 4.78 is 31.4. The molecule has 7 nitrogen and oxygen atoms in total. The number of rotatable bonds is 3. The van der Waals surface area contributed by atoms with Crippen LogP contribution in [0.15, 0.2) is 33.7 Å². The molecule has 0 atom stereocenters. The Morgan fingerprint density at radius 2 is 1.75 bits per heavy atom. The van der Waals surface area contributed by atoms with E-state index in [1.54, 1.807) is 0 Å². The highest BCUT2D eigenvalue weighted by Gasteiger charge is 2.24. The van der Waals surface area contributed by atoms with Gasteiger partial charge in [-0.15, -0.1) is 5.10 Å². The van der Waals surface area contributed by atoms with Gasteiger partial charge in [0.1, 0.15) is 0 Å². The number of nitrogens with one attached hydrogen (secondary N) is 2. The summed E-state index contributed by atoms with van der Waals surface area (Å²) in [6, 6.07) is 2.42. The van der Waals surface area contributed by atoms with Gasteiger partial charge in [0.2, 0.25) is 5.95 Å². The van der Waals surface area contributed by atoms with E-state index in [2.05, 4.69) is 25.5 Å². The summed E-state index contributed by atoms with van der Waals surface area (Å²) >= 11 is 0. The highest BCUT2D eigenvalue weighted by atomic mass is 19.2. The molecule has 2 aromatic heterocycles. The molecule has 0 unspecified atom stereocenters. The Kier molecular flexibility index (Phi) is 3.33. The van der Waals surface area contributed by atoms with Gasteiger partial charge in [-0.1, -0.05) is 0 Å². The molecule has 1 aliphatic rings. The largest absolute Gasteiger partial charge is 0.434 e. The van der Waals surface area contributed by atoms with E-state index in [9.17, 15) is 13.6 Å². The number of benzene rings is 1. The van der Waals surface area contributed by atoms with Crippen LogP contribution in [0.1, 0.15) is 11.1 Å². The average Bonchev–Trinajstić information content (AvgIpc) is 3.14. The lowest BCUT2D eigenvalue weighted by Gasteiger charge is -2.11. The molecular formula is C15H11F2N5O2. The van der Waals surface area contributed by atoms with Crippen molar-refractivity contribution < 1.29 is 13.2 Å². The molecule has 0 fully saturated rings. The fourth-order valence-corrected chi connectivity index (χ4v) is 2.76. The maximum atomic E-state index is 13.3.